The first-order chi connectivity index (χ1) is 8.43. The normalized spacial score (nSPS) is 22.0. The number of aromatic nitrogens is 1. The van der Waals surface area contributed by atoms with Crippen molar-refractivity contribution in [3.05, 3.63) is 16.7 Å². The molecular formula is C10H14BrN3O3S. The van der Waals surface area contributed by atoms with E-state index in [4.69, 9.17) is 10.5 Å². The van der Waals surface area contributed by atoms with E-state index < -0.39 is 10.0 Å². The van der Waals surface area contributed by atoms with E-state index in [1.54, 1.807) is 6.92 Å². The molecule has 0 saturated carbocycles. The third kappa shape index (κ3) is 2.51. The second kappa shape index (κ2) is 5.12. The summed E-state index contributed by atoms with van der Waals surface area (Å²) in [6, 6.07) is 1.27. The van der Waals surface area contributed by atoms with Crippen LogP contribution in [-0.2, 0) is 14.8 Å². The van der Waals surface area contributed by atoms with Crippen LogP contribution in [0.3, 0.4) is 0 Å². The Labute approximate surface area is 114 Å². The highest BCUT2D eigenvalue weighted by Gasteiger charge is 2.33. The Kier molecular flexibility index (Phi) is 3.90. The van der Waals surface area contributed by atoms with Crippen molar-refractivity contribution in [3.63, 3.8) is 0 Å². The van der Waals surface area contributed by atoms with Crippen LogP contribution < -0.4 is 5.73 Å². The molecule has 1 aromatic rings. The number of nitrogen functional groups attached to an aromatic ring is 1. The predicted octanol–water partition coefficient (Wildman–Crippen LogP) is 0.836. The molecule has 100 valence electrons. The van der Waals surface area contributed by atoms with Gasteiger partial charge < -0.3 is 10.5 Å². The highest BCUT2D eigenvalue weighted by atomic mass is 79.9. The molecule has 0 radical (unpaired) electrons. The van der Waals surface area contributed by atoms with Gasteiger partial charge in [-0.05, 0) is 28.9 Å². The molecular weight excluding hydrogens is 322 g/mol. The van der Waals surface area contributed by atoms with Crippen LogP contribution in [0.1, 0.15) is 6.92 Å². The van der Waals surface area contributed by atoms with Crippen molar-refractivity contribution in [2.75, 3.05) is 25.5 Å². The molecule has 1 unspecified atom stereocenters. The van der Waals surface area contributed by atoms with E-state index in [9.17, 15) is 8.42 Å². The molecule has 6 nitrogen and oxygen atoms in total. The number of halogens is 1. The lowest BCUT2D eigenvalue weighted by Crippen LogP contribution is -2.47. The van der Waals surface area contributed by atoms with E-state index in [0.29, 0.717) is 24.2 Å². The Balaban J connectivity index is 2.44. The first kappa shape index (κ1) is 13.7. The molecule has 2 heterocycles. The summed E-state index contributed by atoms with van der Waals surface area (Å²) in [5.41, 5.74) is 5.66. The van der Waals surface area contributed by atoms with Crippen LogP contribution in [0, 0.1) is 0 Å². The van der Waals surface area contributed by atoms with Crippen molar-refractivity contribution >= 4 is 31.8 Å². The molecule has 8 heteroatoms. The van der Waals surface area contributed by atoms with Crippen LogP contribution >= 0.6 is 15.9 Å². The monoisotopic (exact) mass is 335 g/mol. The van der Waals surface area contributed by atoms with Crippen LogP contribution in [0.4, 0.5) is 5.82 Å². The Hall–Kier alpha value is -0.700. The van der Waals surface area contributed by atoms with E-state index in [1.165, 1.54) is 16.6 Å². The van der Waals surface area contributed by atoms with Crippen molar-refractivity contribution < 1.29 is 13.2 Å². The van der Waals surface area contributed by atoms with Gasteiger partial charge in [0.15, 0.2) is 0 Å². The fourth-order valence-corrected chi connectivity index (χ4v) is 4.01. The number of rotatable bonds is 2. The number of ether oxygens (including phenoxy) is 1. The van der Waals surface area contributed by atoms with Gasteiger partial charge in [0, 0.05) is 23.3 Å². The Bertz CT molecular complexity index is 549. The second-order valence-corrected chi connectivity index (χ2v) is 6.85. The zero-order valence-corrected chi connectivity index (χ0v) is 12.2. The SMILES string of the molecule is CC1COCCN1S(=O)(=O)c1cc(Br)cnc1N. The van der Waals surface area contributed by atoms with Gasteiger partial charge in [-0.1, -0.05) is 0 Å². The molecule has 2 N–H and O–H groups in total. The lowest BCUT2D eigenvalue weighted by Gasteiger charge is -2.32. The highest BCUT2D eigenvalue weighted by Crippen LogP contribution is 2.26. The molecule has 0 aromatic carbocycles. The van der Waals surface area contributed by atoms with E-state index >= 15 is 0 Å². The molecule has 1 saturated heterocycles. The summed E-state index contributed by atoms with van der Waals surface area (Å²) in [6.45, 7) is 2.92. The first-order valence-electron chi connectivity index (χ1n) is 5.43. The van der Waals surface area contributed by atoms with Gasteiger partial charge in [-0.2, -0.15) is 4.31 Å². The lowest BCUT2D eigenvalue weighted by atomic mass is 10.3. The Morgan fingerprint density at radius 2 is 2.33 bits per heavy atom. The average Bonchev–Trinajstić information content (AvgIpc) is 2.32. The van der Waals surface area contributed by atoms with Crippen LogP contribution in [-0.4, -0.2) is 43.5 Å². The van der Waals surface area contributed by atoms with E-state index in [-0.39, 0.29) is 16.8 Å². The third-order valence-corrected chi connectivity index (χ3v) is 5.22. The van der Waals surface area contributed by atoms with Crippen LogP contribution in [0.5, 0.6) is 0 Å². The van der Waals surface area contributed by atoms with Gasteiger partial charge >= 0.3 is 0 Å². The smallest absolute Gasteiger partial charge is 0.247 e. The third-order valence-electron chi connectivity index (χ3n) is 2.74. The molecule has 18 heavy (non-hydrogen) atoms. The van der Waals surface area contributed by atoms with Crippen molar-refractivity contribution in [1.29, 1.82) is 0 Å². The van der Waals surface area contributed by atoms with Gasteiger partial charge in [0.05, 0.1) is 13.2 Å². The second-order valence-electron chi connectivity index (χ2n) is 4.08. The summed E-state index contributed by atoms with van der Waals surface area (Å²) in [4.78, 5) is 3.89. The molecule has 2 rings (SSSR count). The number of nitrogens with zero attached hydrogens (tertiary/aromatic N) is 2. The average molecular weight is 336 g/mol. The minimum absolute atomic E-state index is 0.0110. The van der Waals surface area contributed by atoms with Crippen molar-refractivity contribution in [3.8, 4) is 0 Å². The number of sulfonamides is 1. The fraction of sp³-hybridized carbons (Fsp3) is 0.500. The number of anilines is 1. The number of nitrogens with two attached hydrogens (primary N) is 1. The zero-order valence-electron chi connectivity index (χ0n) is 9.84. The summed E-state index contributed by atoms with van der Waals surface area (Å²) < 4.78 is 32.2. The standard InChI is InChI=1S/C10H14BrN3O3S/c1-7-6-17-3-2-14(7)18(15,16)9-4-8(11)5-13-10(9)12/h4-5,7H,2-3,6H2,1H3,(H2,12,13). The summed E-state index contributed by atoms with van der Waals surface area (Å²) >= 11 is 3.20. The van der Waals surface area contributed by atoms with E-state index in [2.05, 4.69) is 20.9 Å². The fourth-order valence-electron chi connectivity index (χ4n) is 1.83. The Morgan fingerprint density at radius 1 is 1.61 bits per heavy atom. The molecule has 0 bridgehead atoms. The van der Waals surface area contributed by atoms with Crippen molar-refractivity contribution in [1.82, 2.24) is 9.29 Å². The molecule has 1 aromatic heterocycles. The quantitative estimate of drug-likeness (QED) is 0.865. The molecule has 1 atom stereocenters. The van der Waals surface area contributed by atoms with Crippen LogP contribution in [0.25, 0.3) is 0 Å². The van der Waals surface area contributed by atoms with Gasteiger partial charge in [0.2, 0.25) is 10.0 Å². The minimum atomic E-state index is -3.63. The predicted molar refractivity (Wildman–Crippen MR) is 70.5 cm³/mol. The number of hydrogen-bond acceptors (Lipinski definition) is 5. The van der Waals surface area contributed by atoms with E-state index in [0.717, 1.165) is 0 Å². The van der Waals surface area contributed by atoms with Gasteiger partial charge in [-0.3, -0.25) is 0 Å². The van der Waals surface area contributed by atoms with Crippen LogP contribution in [0.15, 0.2) is 21.6 Å². The van der Waals surface area contributed by atoms with E-state index in [1.807, 2.05) is 0 Å². The van der Waals surface area contributed by atoms with Gasteiger partial charge in [0.25, 0.3) is 0 Å². The van der Waals surface area contributed by atoms with Crippen LogP contribution in [0.2, 0.25) is 0 Å². The minimum Gasteiger partial charge on any atom is -0.383 e. The Morgan fingerprint density at radius 3 is 3.00 bits per heavy atom. The van der Waals surface area contributed by atoms with Crippen molar-refractivity contribution in [2.45, 2.75) is 17.9 Å². The molecule has 1 fully saturated rings. The highest BCUT2D eigenvalue weighted by molar-refractivity contribution is 9.10. The molecule has 1 aliphatic heterocycles. The lowest BCUT2D eigenvalue weighted by molar-refractivity contribution is 0.0393. The maximum Gasteiger partial charge on any atom is 0.247 e. The maximum absolute atomic E-state index is 12.5. The van der Waals surface area contributed by atoms with Gasteiger partial charge in [-0.25, -0.2) is 13.4 Å². The van der Waals surface area contributed by atoms with Crippen molar-refractivity contribution in [2.24, 2.45) is 0 Å². The first-order valence-corrected chi connectivity index (χ1v) is 7.67. The van der Waals surface area contributed by atoms with Gasteiger partial charge in [0.1, 0.15) is 10.7 Å². The largest absolute Gasteiger partial charge is 0.383 e. The topological polar surface area (TPSA) is 85.5 Å². The number of hydrogen-bond donors (Lipinski definition) is 1. The molecule has 0 aliphatic carbocycles. The molecule has 0 amide bonds. The summed E-state index contributed by atoms with van der Waals surface area (Å²) in [7, 11) is -3.63. The zero-order chi connectivity index (χ0) is 13.3. The summed E-state index contributed by atoms with van der Waals surface area (Å²) in [5, 5.41) is 0. The molecule has 0 spiro atoms. The summed E-state index contributed by atoms with van der Waals surface area (Å²) in [6.07, 6.45) is 1.47. The molecule has 1 aliphatic rings. The number of pyridine rings is 1. The summed E-state index contributed by atoms with van der Waals surface area (Å²) in [5.74, 6) is 0.0110. The number of morpholine rings is 1. The van der Waals surface area contributed by atoms with Gasteiger partial charge in [-0.15, -0.1) is 0 Å². The maximum atomic E-state index is 12.5.